The Bertz CT molecular complexity index is 1180. The van der Waals surface area contributed by atoms with Crippen molar-refractivity contribution in [2.45, 2.75) is 194 Å². The first-order valence-corrected chi connectivity index (χ1v) is 22.8. The molecule has 0 aliphatic rings. The van der Waals surface area contributed by atoms with Crippen LogP contribution in [0.2, 0.25) is 0 Å². The van der Waals surface area contributed by atoms with Crippen LogP contribution in [-0.4, -0.2) is 37.2 Å². The maximum atomic E-state index is 12.6. The van der Waals surface area contributed by atoms with Gasteiger partial charge in [0.1, 0.15) is 13.2 Å². The van der Waals surface area contributed by atoms with E-state index in [1.807, 2.05) is 6.08 Å². The number of unbranched alkanes of at least 4 members (excludes halogenated alkanes) is 14. The van der Waals surface area contributed by atoms with Crippen LogP contribution in [0.5, 0.6) is 0 Å². The molecule has 0 rings (SSSR count). The normalized spacial score (nSPS) is 13.0. The monoisotopic (exact) mass is 791 g/mol. The van der Waals surface area contributed by atoms with Gasteiger partial charge in [-0.2, -0.15) is 0 Å². The Hall–Kier alpha value is -3.67. The van der Waals surface area contributed by atoms with Crippen LogP contribution in [-0.2, 0) is 28.6 Å². The molecule has 322 valence electrons. The summed E-state index contributed by atoms with van der Waals surface area (Å²) in [5, 5.41) is 0. The van der Waals surface area contributed by atoms with Crippen molar-refractivity contribution in [3.63, 3.8) is 0 Å². The van der Waals surface area contributed by atoms with Crippen LogP contribution in [0, 0.1) is 0 Å². The smallest absolute Gasteiger partial charge is 0.309 e. The van der Waals surface area contributed by atoms with Crippen molar-refractivity contribution >= 4 is 17.9 Å². The van der Waals surface area contributed by atoms with Crippen LogP contribution in [0.3, 0.4) is 0 Å². The third-order valence-electron chi connectivity index (χ3n) is 9.11. The van der Waals surface area contributed by atoms with Crippen molar-refractivity contribution in [1.82, 2.24) is 0 Å². The average Bonchev–Trinajstić information content (AvgIpc) is 3.21. The maximum absolute atomic E-state index is 12.6. The summed E-state index contributed by atoms with van der Waals surface area (Å²) in [4.78, 5) is 37.6. The molecular weight excluding hydrogens is 709 g/mol. The average molecular weight is 791 g/mol. The molecule has 1 unspecified atom stereocenters. The Balaban J connectivity index is 4.40. The predicted molar refractivity (Wildman–Crippen MR) is 242 cm³/mol. The van der Waals surface area contributed by atoms with Crippen molar-refractivity contribution < 1.29 is 28.6 Å². The molecule has 0 N–H and O–H groups in total. The standard InChI is InChI=1S/C51H82O6/c1-4-7-10-13-16-19-21-22-23-24-25-26-27-28-30-32-35-38-41-44-50(53)56-47-48(46-55-49(52)43-40-37-34-31-18-15-12-9-6-3)57-51(54)45-42-39-36-33-29-20-17-14-11-8-5-2/h8-9,11-12,16-22,31,33,36-37,40,48H,4-7,10,13-15,23-30,32,34-35,38-39,41-47H2,1-3H3/b11-8-,12-9-,19-16-,20-17-,22-21-,31-18-,36-33-,40-37-. The van der Waals surface area contributed by atoms with Gasteiger partial charge in [0.15, 0.2) is 6.10 Å². The van der Waals surface area contributed by atoms with E-state index in [2.05, 4.69) is 106 Å². The van der Waals surface area contributed by atoms with E-state index in [0.29, 0.717) is 12.8 Å². The van der Waals surface area contributed by atoms with Gasteiger partial charge in [0.25, 0.3) is 0 Å². The zero-order valence-electron chi connectivity index (χ0n) is 36.6. The first-order valence-electron chi connectivity index (χ1n) is 22.8. The van der Waals surface area contributed by atoms with E-state index in [1.165, 1.54) is 77.0 Å². The zero-order chi connectivity index (χ0) is 41.5. The fraction of sp³-hybridized carbons (Fsp3) is 0.627. The Labute approximate surface area is 349 Å². The van der Waals surface area contributed by atoms with Gasteiger partial charge >= 0.3 is 17.9 Å². The van der Waals surface area contributed by atoms with E-state index in [1.54, 1.807) is 6.08 Å². The molecule has 0 radical (unpaired) electrons. The molecule has 0 saturated heterocycles. The van der Waals surface area contributed by atoms with Gasteiger partial charge in [-0.3, -0.25) is 14.4 Å². The summed E-state index contributed by atoms with van der Waals surface area (Å²) < 4.78 is 16.5. The van der Waals surface area contributed by atoms with Gasteiger partial charge < -0.3 is 14.2 Å². The van der Waals surface area contributed by atoms with Gasteiger partial charge in [0, 0.05) is 12.8 Å². The number of carbonyl (C=O) groups is 3. The summed E-state index contributed by atoms with van der Waals surface area (Å²) in [6.07, 6.45) is 58.7. The maximum Gasteiger partial charge on any atom is 0.309 e. The molecule has 0 heterocycles. The Morgan fingerprint density at radius 2 is 0.825 bits per heavy atom. The quantitative estimate of drug-likeness (QED) is 0.0203. The lowest BCUT2D eigenvalue weighted by atomic mass is 10.1. The molecule has 0 amide bonds. The van der Waals surface area contributed by atoms with Crippen molar-refractivity contribution in [3.8, 4) is 0 Å². The summed E-state index contributed by atoms with van der Waals surface area (Å²) in [5.74, 6) is -1.13. The van der Waals surface area contributed by atoms with Crippen molar-refractivity contribution in [3.05, 3.63) is 97.2 Å². The minimum atomic E-state index is -0.838. The Morgan fingerprint density at radius 1 is 0.404 bits per heavy atom. The molecule has 1 atom stereocenters. The lowest BCUT2D eigenvalue weighted by molar-refractivity contribution is -0.166. The molecule has 0 fully saturated rings. The largest absolute Gasteiger partial charge is 0.462 e. The van der Waals surface area contributed by atoms with Gasteiger partial charge in [-0.25, -0.2) is 0 Å². The number of ether oxygens (including phenoxy) is 3. The minimum Gasteiger partial charge on any atom is -0.462 e. The van der Waals surface area contributed by atoms with Gasteiger partial charge in [0.2, 0.25) is 0 Å². The molecule has 6 nitrogen and oxygen atoms in total. The van der Waals surface area contributed by atoms with Crippen LogP contribution in [0.15, 0.2) is 97.2 Å². The van der Waals surface area contributed by atoms with Gasteiger partial charge in [0.05, 0.1) is 6.42 Å². The second-order valence-corrected chi connectivity index (χ2v) is 14.6. The van der Waals surface area contributed by atoms with Gasteiger partial charge in [-0.15, -0.1) is 0 Å². The van der Waals surface area contributed by atoms with Crippen LogP contribution >= 0.6 is 0 Å². The van der Waals surface area contributed by atoms with Crippen LogP contribution in [0.1, 0.15) is 188 Å². The number of allylic oxidation sites excluding steroid dienone is 15. The van der Waals surface area contributed by atoms with Crippen molar-refractivity contribution in [1.29, 1.82) is 0 Å². The SMILES string of the molecule is CC/C=C\C/C=C\C/C=C\CCCC(=O)OC(COC(=O)C/C=C\C/C=C\C/C=C\CC)COC(=O)CCCCCCCCCCCC/C=C\C=C/CCCCC. The lowest BCUT2D eigenvalue weighted by Gasteiger charge is -2.18. The molecule has 57 heavy (non-hydrogen) atoms. The molecule has 0 aliphatic carbocycles. The van der Waals surface area contributed by atoms with Crippen LogP contribution in [0.4, 0.5) is 0 Å². The molecule has 0 saturated carbocycles. The summed E-state index contributed by atoms with van der Waals surface area (Å²) in [6.45, 7) is 6.20. The topological polar surface area (TPSA) is 78.9 Å². The second-order valence-electron chi connectivity index (χ2n) is 14.6. The van der Waals surface area contributed by atoms with E-state index >= 15 is 0 Å². The van der Waals surface area contributed by atoms with Gasteiger partial charge in [-0.05, 0) is 83.5 Å². The summed E-state index contributed by atoms with van der Waals surface area (Å²) in [7, 11) is 0. The number of carbonyl (C=O) groups excluding carboxylic acids is 3. The molecule has 0 aromatic heterocycles. The first-order chi connectivity index (χ1) is 28.0. The lowest BCUT2D eigenvalue weighted by Crippen LogP contribution is -2.30. The van der Waals surface area contributed by atoms with E-state index in [9.17, 15) is 14.4 Å². The second kappa shape index (κ2) is 45.0. The third kappa shape index (κ3) is 43.3. The summed E-state index contributed by atoms with van der Waals surface area (Å²) >= 11 is 0. The minimum absolute atomic E-state index is 0.121. The fourth-order valence-corrected chi connectivity index (χ4v) is 5.75. The summed E-state index contributed by atoms with van der Waals surface area (Å²) in [5.41, 5.74) is 0. The number of hydrogen-bond acceptors (Lipinski definition) is 6. The van der Waals surface area contributed by atoms with E-state index in [-0.39, 0.29) is 32.0 Å². The number of esters is 3. The first kappa shape index (κ1) is 53.3. The van der Waals surface area contributed by atoms with E-state index in [4.69, 9.17) is 14.2 Å². The number of hydrogen-bond donors (Lipinski definition) is 0. The predicted octanol–water partition coefficient (Wildman–Crippen LogP) is 14.6. The molecule has 0 bridgehead atoms. The zero-order valence-corrected chi connectivity index (χ0v) is 36.6. The third-order valence-corrected chi connectivity index (χ3v) is 9.11. The molecular formula is C51H82O6. The van der Waals surface area contributed by atoms with E-state index < -0.39 is 18.0 Å². The van der Waals surface area contributed by atoms with Crippen LogP contribution < -0.4 is 0 Å². The highest BCUT2D eigenvalue weighted by Gasteiger charge is 2.19. The van der Waals surface area contributed by atoms with Crippen molar-refractivity contribution in [2.75, 3.05) is 13.2 Å². The summed E-state index contributed by atoms with van der Waals surface area (Å²) in [6, 6.07) is 0. The highest BCUT2D eigenvalue weighted by Crippen LogP contribution is 2.13. The highest BCUT2D eigenvalue weighted by atomic mass is 16.6. The van der Waals surface area contributed by atoms with Crippen LogP contribution in [0.25, 0.3) is 0 Å². The molecule has 0 spiro atoms. The number of rotatable bonds is 39. The molecule has 0 aliphatic heterocycles. The fourth-order valence-electron chi connectivity index (χ4n) is 5.75. The molecule has 0 aromatic rings. The Kier molecular flexibility index (Phi) is 42.1. The van der Waals surface area contributed by atoms with Gasteiger partial charge in [-0.1, -0.05) is 182 Å². The highest BCUT2D eigenvalue weighted by molar-refractivity contribution is 5.72. The molecule has 0 aromatic carbocycles. The van der Waals surface area contributed by atoms with Crippen molar-refractivity contribution in [2.24, 2.45) is 0 Å². The molecule has 6 heteroatoms. The van der Waals surface area contributed by atoms with E-state index in [0.717, 1.165) is 64.2 Å². The Morgan fingerprint density at radius 3 is 1.37 bits per heavy atom.